The van der Waals surface area contributed by atoms with Gasteiger partial charge in [0.1, 0.15) is 0 Å². The van der Waals surface area contributed by atoms with E-state index in [0.717, 1.165) is 22.5 Å². The number of nitrogens with one attached hydrogen (secondary N) is 1. The van der Waals surface area contributed by atoms with Crippen molar-refractivity contribution in [1.29, 1.82) is 0 Å². The number of hydrogen-bond donors (Lipinski definition) is 1. The van der Waals surface area contributed by atoms with E-state index in [2.05, 4.69) is 10.4 Å². The summed E-state index contributed by atoms with van der Waals surface area (Å²) in [6.07, 6.45) is 0. The number of nitro benzene ring substituents is 1. The SMILES string of the molecule is Cc1nn(Cc2ccccc2)c(C)c1CNC(=O)c1cccc([N+](=O)[O-])c1C. The summed E-state index contributed by atoms with van der Waals surface area (Å²) in [5.41, 5.74) is 4.54. The molecule has 0 fully saturated rings. The fourth-order valence-corrected chi connectivity index (χ4v) is 3.23. The third-order valence-corrected chi connectivity index (χ3v) is 4.88. The molecular formula is C21H22N4O3. The number of aromatic nitrogens is 2. The van der Waals surface area contributed by atoms with Crippen LogP contribution in [-0.4, -0.2) is 20.6 Å². The summed E-state index contributed by atoms with van der Waals surface area (Å²) in [4.78, 5) is 23.2. The highest BCUT2D eigenvalue weighted by molar-refractivity contribution is 5.96. The molecular weight excluding hydrogens is 356 g/mol. The van der Waals surface area contributed by atoms with Gasteiger partial charge in [-0.1, -0.05) is 36.4 Å². The Kier molecular flexibility index (Phi) is 5.54. The maximum absolute atomic E-state index is 12.6. The fourth-order valence-electron chi connectivity index (χ4n) is 3.23. The zero-order valence-corrected chi connectivity index (χ0v) is 16.1. The minimum absolute atomic E-state index is 0.0595. The molecule has 0 radical (unpaired) electrons. The van der Waals surface area contributed by atoms with Crippen LogP contribution >= 0.6 is 0 Å². The third kappa shape index (κ3) is 3.93. The van der Waals surface area contributed by atoms with Gasteiger partial charge in [-0.3, -0.25) is 19.6 Å². The standard InChI is InChI=1S/C21H22N4O3/c1-14-18(10-7-11-20(14)25(27)28)21(26)22-12-19-15(2)23-24(16(19)3)13-17-8-5-4-6-9-17/h4-11H,12-13H2,1-3H3,(H,22,26). The zero-order chi connectivity index (χ0) is 20.3. The van der Waals surface area contributed by atoms with Crippen LogP contribution in [0.4, 0.5) is 5.69 Å². The van der Waals surface area contributed by atoms with Gasteiger partial charge in [0.15, 0.2) is 0 Å². The molecule has 2 aromatic carbocycles. The number of rotatable bonds is 6. The van der Waals surface area contributed by atoms with Crippen LogP contribution < -0.4 is 5.32 Å². The van der Waals surface area contributed by atoms with E-state index in [9.17, 15) is 14.9 Å². The Hall–Kier alpha value is -3.48. The summed E-state index contributed by atoms with van der Waals surface area (Å²) >= 11 is 0. The Morgan fingerprint density at radius 3 is 2.50 bits per heavy atom. The predicted octanol–water partition coefficient (Wildman–Crippen LogP) is 3.69. The number of hydrogen-bond acceptors (Lipinski definition) is 4. The summed E-state index contributed by atoms with van der Waals surface area (Å²) in [6.45, 7) is 6.44. The molecule has 0 spiro atoms. The number of amides is 1. The highest BCUT2D eigenvalue weighted by atomic mass is 16.6. The third-order valence-electron chi connectivity index (χ3n) is 4.88. The number of aryl methyl sites for hydroxylation is 1. The van der Waals surface area contributed by atoms with Gasteiger partial charge in [0, 0.05) is 35.0 Å². The number of carbonyl (C=O) groups excluding carboxylic acids is 1. The summed E-state index contributed by atoms with van der Waals surface area (Å²) < 4.78 is 1.92. The van der Waals surface area contributed by atoms with Crippen LogP contribution in [-0.2, 0) is 13.1 Å². The van der Waals surface area contributed by atoms with Gasteiger partial charge in [-0.15, -0.1) is 0 Å². The molecule has 0 atom stereocenters. The smallest absolute Gasteiger partial charge is 0.273 e. The van der Waals surface area contributed by atoms with E-state index in [0.29, 0.717) is 24.2 Å². The number of nitro groups is 1. The number of benzene rings is 2. The normalized spacial score (nSPS) is 10.7. The molecule has 7 nitrogen and oxygen atoms in total. The molecule has 0 unspecified atom stereocenters. The van der Waals surface area contributed by atoms with Crippen LogP contribution in [0.5, 0.6) is 0 Å². The van der Waals surface area contributed by atoms with Crippen LogP contribution in [0.15, 0.2) is 48.5 Å². The van der Waals surface area contributed by atoms with Gasteiger partial charge in [-0.2, -0.15) is 5.10 Å². The molecule has 3 rings (SSSR count). The highest BCUT2D eigenvalue weighted by Crippen LogP contribution is 2.21. The second kappa shape index (κ2) is 8.04. The minimum atomic E-state index is -0.478. The molecule has 1 amide bonds. The van der Waals surface area contributed by atoms with E-state index in [4.69, 9.17) is 0 Å². The molecule has 7 heteroatoms. The van der Waals surface area contributed by atoms with Gasteiger partial charge >= 0.3 is 0 Å². The molecule has 1 aromatic heterocycles. The van der Waals surface area contributed by atoms with E-state index in [1.807, 2.05) is 48.9 Å². The lowest BCUT2D eigenvalue weighted by atomic mass is 10.1. The summed E-state index contributed by atoms with van der Waals surface area (Å²) in [7, 11) is 0. The van der Waals surface area contributed by atoms with E-state index < -0.39 is 4.92 Å². The van der Waals surface area contributed by atoms with Crippen molar-refractivity contribution in [3.05, 3.63) is 92.3 Å². The van der Waals surface area contributed by atoms with Crippen molar-refractivity contribution in [1.82, 2.24) is 15.1 Å². The van der Waals surface area contributed by atoms with Gasteiger partial charge in [0.05, 0.1) is 17.2 Å². The molecule has 0 saturated heterocycles. The fraction of sp³-hybridized carbons (Fsp3) is 0.238. The molecule has 0 aliphatic rings. The quantitative estimate of drug-likeness (QED) is 0.523. The van der Waals surface area contributed by atoms with Crippen molar-refractivity contribution in [3.63, 3.8) is 0 Å². The van der Waals surface area contributed by atoms with Crippen molar-refractivity contribution in [3.8, 4) is 0 Å². The lowest BCUT2D eigenvalue weighted by Crippen LogP contribution is -2.24. The minimum Gasteiger partial charge on any atom is -0.348 e. The lowest BCUT2D eigenvalue weighted by Gasteiger charge is -2.09. The molecule has 0 aliphatic carbocycles. The molecule has 0 bridgehead atoms. The van der Waals surface area contributed by atoms with Gasteiger partial charge < -0.3 is 5.32 Å². The lowest BCUT2D eigenvalue weighted by molar-refractivity contribution is -0.385. The number of nitrogens with zero attached hydrogens (tertiary/aromatic N) is 3. The van der Waals surface area contributed by atoms with Gasteiger partial charge in [-0.25, -0.2) is 0 Å². The first-order valence-electron chi connectivity index (χ1n) is 8.97. The molecule has 1 N–H and O–H groups in total. The predicted molar refractivity (Wildman–Crippen MR) is 106 cm³/mol. The Morgan fingerprint density at radius 1 is 1.11 bits per heavy atom. The second-order valence-corrected chi connectivity index (χ2v) is 6.68. The summed E-state index contributed by atoms with van der Waals surface area (Å²) in [5, 5.41) is 18.5. The first-order chi connectivity index (χ1) is 13.4. The second-order valence-electron chi connectivity index (χ2n) is 6.68. The van der Waals surface area contributed by atoms with Crippen molar-refractivity contribution in [2.24, 2.45) is 0 Å². The van der Waals surface area contributed by atoms with Gasteiger partial charge in [-0.05, 0) is 32.4 Å². The Balaban J connectivity index is 1.76. The van der Waals surface area contributed by atoms with Crippen molar-refractivity contribution >= 4 is 11.6 Å². The van der Waals surface area contributed by atoms with Crippen LogP contribution in [0, 0.1) is 30.9 Å². The maximum Gasteiger partial charge on any atom is 0.273 e. The number of carbonyl (C=O) groups is 1. The average Bonchev–Trinajstić information content (AvgIpc) is 2.93. The van der Waals surface area contributed by atoms with Crippen molar-refractivity contribution in [2.75, 3.05) is 0 Å². The first-order valence-corrected chi connectivity index (χ1v) is 8.97. The monoisotopic (exact) mass is 378 g/mol. The van der Waals surface area contributed by atoms with E-state index in [-0.39, 0.29) is 11.6 Å². The first kappa shape index (κ1) is 19.3. The zero-order valence-electron chi connectivity index (χ0n) is 16.1. The summed E-state index contributed by atoms with van der Waals surface area (Å²) in [6, 6.07) is 14.6. The molecule has 0 saturated carbocycles. The van der Waals surface area contributed by atoms with E-state index in [1.165, 1.54) is 12.1 Å². The van der Waals surface area contributed by atoms with Gasteiger partial charge in [0.2, 0.25) is 0 Å². The van der Waals surface area contributed by atoms with Crippen LogP contribution in [0.25, 0.3) is 0 Å². The maximum atomic E-state index is 12.6. The Labute approximate surface area is 163 Å². The largest absolute Gasteiger partial charge is 0.348 e. The molecule has 28 heavy (non-hydrogen) atoms. The Bertz CT molecular complexity index is 1030. The average molecular weight is 378 g/mol. The highest BCUT2D eigenvalue weighted by Gasteiger charge is 2.19. The van der Waals surface area contributed by atoms with Crippen LogP contribution in [0.1, 0.15) is 38.4 Å². The van der Waals surface area contributed by atoms with E-state index in [1.54, 1.807) is 13.0 Å². The molecule has 0 aliphatic heterocycles. The molecule has 3 aromatic rings. The Morgan fingerprint density at radius 2 is 1.82 bits per heavy atom. The van der Waals surface area contributed by atoms with Crippen molar-refractivity contribution < 1.29 is 9.72 Å². The van der Waals surface area contributed by atoms with Crippen LogP contribution in [0.2, 0.25) is 0 Å². The molecule has 1 heterocycles. The van der Waals surface area contributed by atoms with Gasteiger partial charge in [0.25, 0.3) is 11.6 Å². The van der Waals surface area contributed by atoms with E-state index >= 15 is 0 Å². The van der Waals surface area contributed by atoms with Crippen molar-refractivity contribution in [2.45, 2.75) is 33.9 Å². The topological polar surface area (TPSA) is 90.1 Å². The molecule has 144 valence electrons. The van der Waals surface area contributed by atoms with Crippen LogP contribution in [0.3, 0.4) is 0 Å². The summed E-state index contributed by atoms with van der Waals surface area (Å²) in [5.74, 6) is -0.337.